The normalized spacial score (nSPS) is 12.9. The minimum absolute atomic E-state index is 0.250. The van der Waals surface area contributed by atoms with Gasteiger partial charge in [-0.05, 0) is 20.8 Å². The number of anilines is 1. The van der Waals surface area contributed by atoms with E-state index in [0.29, 0.717) is 18.0 Å². The van der Waals surface area contributed by atoms with Crippen molar-refractivity contribution in [3.63, 3.8) is 0 Å². The topological polar surface area (TPSA) is 60.0 Å². The SMILES string of the molecule is COc1cc(NCC(O)COC(C)(C)C)cc(OC)c1. The first-order valence-electron chi connectivity index (χ1n) is 6.63. The maximum Gasteiger partial charge on any atom is 0.124 e. The number of benzene rings is 1. The van der Waals surface area contributed by atoms with Crippen LogP contribution < -0.4 is 14.8 Å². The van der Waals surface area contributed by atoms with E-state index in [-0.39, 0.29) is 12.2 Å². The van der Waals surface area contributed by atoms with E-state index < -0.39 is 6.10 Å². The summed E-state index contributed by atoms with van der Waals surface area (Å²) in [5, 5.41) is 13.0. The van der Waals surface area contributed by atoms with Gasteiger partial charge in [-0.3, -0.25) is 0 Å². The number of aliphatic hydroxyl groups excluding tert-OH is 1. The largest absolute Gasteiger partial charge is 0.497 e. The Balaban J connectivity index is 2.52. The Kier molecular flexibility index (Phi) is 6.10. The van der Waals surface area contributed by atoms with E-state index in [1.165, 1.54) is 0 Å². The van der Waals surface area contributed by atoms with Gasteiger partial charge in [0.25, 0.3) is 0 Å². The highest BCUT2D eigenvalue weighted by Crippen LogP contribution is 2.25. The van der Waals surface area contributed by atoms with Gasteiger partial charge in [0.05, 0.1) is 32.5 Å². The van der Waals surface area contributed by atoms with Crippen LogP contribution in [0.25, 0.3) is 0 Å². The summed E-state index contributed by atoms with van der Waals surface area (Å²) in [6, 6.07) is 5.49. The minimum atomic E-state index is -0.577. The Labute approximate surface area is 120 Å². The van der Waals surface area contributed by atoms with Crippen LogP contribution in [0.4, 0.5) is 5.69 Å². The van der Waals surface area contributed by atoms with Crippen molar-refractivity contribution in [2.24, 2.45) is 0 Å². The highest BCUT2D eigenvalue weighted by atomic mass is 16.5. The predicted molar refractivity (Wildman–Crippen MR) is 79.7 cm³/mol. The van der Waals surface area contributed by atoms with E-state index in [0.717, 1.165) is 5.69 Å². The summed E-state index contributed by atoms with van der Waals surface area (Å²) in [5.74, 6) is 1.40. The van der Waals surface area contributed by atoms with Crippen molar-refractivity contribution in [2.75, 3.05) is 32.7 Å². The number of ether oxygens (including phenoxy) is 3. The van der Waals surface area contributed by atoms with Gasteiger partial charge in [-0.2, -0.15) is 0 Å². The molecule has 0 aliphatic rings. The van der Waals surface area contributed by atoms with Crippen molar-refractivity contribution in [2.45, 2.75) is 32.5 Å². The maximum absolute atomic E-state index is 9.88. The average Bonchev–Trinajstić information content (AvgIpc) is 2.41. The first-order chi connectivity index (χ1) is 9.34. The van der Waals surface area contributed by atoms with E-state index in [9.17, 15) is 5.11 Å². The van der Waals surface area contributed by atoms with Crippen molar-refractivity contribution in [3.8, 4) is 11.5 Å². The summed E-state index contributed by atoms with van der Waals surface area (Å²) in [6.45, 7) is 6.56. The summed E-state index contributed by atoms with van der Waals surface area (Å²) in [7, 11) is 3.20. The van der Waals surface area contributed by atoms with E-state index in [4.69, 9.17) is 14.2 Å². The molecule has 0 bridgehead atoms. The molecule has 20 heavy (non-hydrogen) atoms. The van der Waals surface area contributed by atoms with Crippen molar-refractivity contribution in [1.82, 2.24) is 0 Å². The van der Waals surface area contributed by atoms with E-state index in [1.54, 1.807) is 20.3 Å². The molecule has 0 aromatic heterocycles. The van der Waals surface area contributed by atoms with Crippen molar-refractivity contribution < 1.29 is 19.3 Å². The average molecular weight is 283 g/mol. The molecule has 1 unspecified atom stereocenters. The highest BCUT2D eigenvalue weighted by molar-refractivity contribution is 5.53. The molecule has 0 spiro atoms. The second kappa shape index (κ2) is 7.36. The molecule has 1 rings (SSSR count). The molecule has 0 heterocycles. The lowest BCUT2D eigenvalue weighted by molar-refractivity contribution is -0.0449. The Morgan fingerprint density at radius 2 is 1.65 bits per heavy atom. The zero-order valence-electron chi connectivity index (χ0n) is 12.9. The quantitative estimate of drug-likeness (QED) is 0.804. The van der Waals surface area contributed by atoms with Gasteiger partial charge in [0.15, 0.2) is 0 Å². The van der Waals surface area contributed by atoms with Crippen molar-refractivity contribution >= 4 is 5.69 Å². The van der Waals surface area contributed by atoms with Crippen LogP contribution in [-0.4, -0.2) is 44.2 Å². The monoisotopic (exact) mass is 283 g/mol. The van der Waals surface area contributed by atoms with Gasteiger partial charge >= 0.3 is 0 Å². The van der Waals surface area contributed by atoms with E-state index >= 15 is 0 Å². The summed E-state index contributed by atoms with van der Waals surface area (Å²) in [5.41, 5.74) is 0.580. The van der Waals surface area contributed by atoms with Gasteiger partial charge in [-0.1, -0.05) is 0 Å². The Hall–Kier alpha value is -1.46. The predicted octanol–water partition coefficient (Wildman–Crippen LogP) is 2.29. The van der Waals surface area contributed by atoms with Gasteiger partial charge < -0.3 is 24.6 Å². The first-order valence-corrected chi connectivity index (χ1v) is 6.63. The minimum Gasteiger partial charge on any atom is -0.497 e. The van der Waals surface area contributed by atoms with Crippen LogP contribution in [-0.2, 0) is 4.74 Å². The zero-order valence-corrected chi connectivity index (χ0v) is 12.9. The van der Waals surface area contributed by atoms with Gasteiger partial charge in [0, 0.05) is 30.4 Å². The van der Waals surface area contributed by atoms with Crippen LogP contribution in [0.1, 0.15) is 20.8 Å². The Morgan fingerprint density at radius 1 is 1.10 bits per heavy atom. The molecule has 0 fully saturated rings. The van der Waals surface area contributed by atoms with Gasteiger partial charge in [0.2, 0.25) is 0 Å². The second-order valence-corrected chi connectivity index (χ2v) is 5.56. The molecular formula is C15H25NO4. The molecule has 5 heteroatoms. The third-order valence-electron chi connectivity index (χ3n) is 2.60. The molecular weight excluding hydrogens is 258 g/mol. The summed E-state index contributed by atoms with van der Waals surface area (Å²) >= 11 is 0. The highest BCUT2D eigenvalue weighted by Gasteiger charge is 2.13. The fraction of sp³-hybridized carbons (Fsp3) is 0.600. The van der Waals surface area contributed by atoms with Crippen molar-refractivity contribution in [1.29, 1.82) is 0 Å². The number of hydrogen-bond donors (Lipinski definition) is 2. The second-order valence-electron chi connectivity index (χ2n) is 5.56. The number of nitrogens with one attached hydrogen (secondary N) is 1. The molecule has 114 valence electrons. The summed E-state index contributed by atoms with van der Waals surface area (Å²) in [6.07, 6.45) is -0.577. The maximum atomic E-state index is 9.88. The molecule has 1 atom stereocenters. The van der Waals surface area contributed by atoms with Crippen LogP contribution >= 0.6 is 0 Å². The lowest BCUT2D eigenvalue weighted by atomic mass is 10.2. The molecule has 1 aromatic carbocycles. The fourth-order valence-corrected chi connectivity index (χ4v) is 1.55. The van der Waals surface area contributed by atoms with Crippen LogP contribution in [0.2, 0.25) is 0 Å². The van der Waals surface area contributed by atoms with Crippen LogP contribution in [0, 0.1) is 0 Å². The standard InChI is InChI=1S/C15H25NO4/c1-15(2,3)20-10-12(17)9-16-11-6-13(18-4)8-14(7-11)19-5/h6-8,12,16-17H,9-10H2,1-5H3. The van der Waals surface area contributed by atoms with Gasteiger partial charge in [-0.25, -0.2) is 0 Å². The van der Waals surface area contributed by atoms with Crippen LogP contribution in [0.15, 0.2) is 18.2 Å². The Morgan fingerprint density at radius 3 is 2.10 bits per heavy atom. The van der Waals surface area contributed by atoms with Gasteiger partial charge in [-0.15, -0.1) is 0 Å². The number of rotatable bonds is 7. The first kappa shape index (κ1) is 16.6. The zero-order chi connectivity index (χ0) is 15.2. The molecule has 0 saturated heterocycles. The van der Waals surface area contributed by atoms with E-state index in [1.807, 2.05) is 32.9 Å². The van der Waals surface area contributed by atoms with Crippen LogP contribution in [0.5, 0.6) is 11.5 Å². The molecule has 2 N–H and O–H groups in total. The summed E-state index contributed by atoms with van der Waals surface area (Å²) in [4.78, 5) is 0. The lowest BCUT2D eigenvalue weighted by Gasteiger charge is -2.22. The molecule has 0 saturated carbocycles. The third kappa shape index (κ3) is 6.12. The smallest absolute Gasteiger partial charge is 0.124 e. The number of hydrogen-bond acceptors (Lipinski definition) is 5. The fourth-order valence-electron chi connectivity index (χ4n) is 1.55. The summed E-state index contributed by atoms with van der Waals surface area (Å²) < 4.78 is 15.9. The van der Waals surface area contributed by atoms with Crippen molar-refractivity contribution in [3.05, 3.63) is 18.2 Å². The lowest BCUT2D eigenvalue weighted by Crippen LogP contribution is -2.30. The van der Waals surface area contributed by atoms with Crippen LogP contribution in [0.3, 0.4) is 0 Å². The van der Waals surface area contributed by atoms with E-state index in [2.05, 4.69) is 5.32 Å². The molecule has 5 nitrogen and oxygen atoms in total. The number of methoxy groups -OCH3 is 2. The molecule has 0 aliphatic heterocycles. The Bertz CT molecular complexity index is 393. The molecule has 1 aromatic rings. The molecule has 0 amide bonds. The number of aliphatic hydroxyl groups is 1. The molecule has 0 radical (unpaired) electrons. The molecule has 0 aliphatic carbocycles. The van der Waals surface area contributed by atoms with Gasteiger partial charge in [0.1, 0.15) is 11.5 Å². The third-order valence-corrected chi connectivity index (χ3v) is 2.60.